The van der Waals surface area contributed by atoms with Gasteiger partial charge in [0, 0.05) is 66.8 Å². The van der Waals surface area contributed by atoms with Gasteiger partial charge in [-0.25, -0.2) is 4.98 Å². The summed E-state index contributed by atoms with van der Waals surface area (Å²) in [6, 6.07) is 66.3. The van der Waals surface area contributed by atoms with Crippen molar-refractivity contribution in [3.8, 4) is 17.3 Å². The molecule has 9 aromatic rings. The molecule has 0 saturated heterocycles. The number of anilines is 4. The summed E-state index contributed by atoms with van der Waals surface area (Å²) in [4.78, 5) is 9.52. The van der Waals surface area contributed by atoms with E-state index in [0.717, 1.165) is 55.9 Å². The van der Waals surface area contributed by atoms with Crippen molar-refractivity contribution in [1.82, 2.24) is 9.55 Å². The minimum absolute atomic E-state index is 0. The molecule has 7 aromatic carbocycles. The third-order valence-corrected chi connectivity index (χ3v) is 13.9. The molecule has 0 unspecified atom stereocenters. The van der Waals surface area contributed by atoms with Gasteiger partial charge in [-0.3, -0.25) is 0 Å². The smallest absolute Gasteiger partial charge is 0.135 e. The monoisotopic (exact) mass is 1070 g/mol. The van der Waals surface area contributed by atoms with Gasteiger partial charge in [-0.1, -0.05) is 172 Å². The molecule has 0 amide bonds. The second-order valence-corrected chi connectivity index (χ2v) is 21.2. The second-order valence-electron chi connectivity index (χ2n) is 21.2. The predicted molar refractivity (Wildman–Crippen MR) is 279 cm³/mol. The summed E-state index contributed by atoms with van der Waals surface area (Å²) in [5.41, 5.74) is 12.7. The van der Waals surface area contributed by atoms with E-state index in [0.29, 0.717) is 11.5 Å². The van der Waals surface area contributed by atoms with Crippen molar-refractivity contribution < 1.29 is 25.8 Å². The summed E-state index contributed by atoms with van der Waals surface area (Å²) in [7, 11) is 0. The van der Waals surface area contributed by atoms with Crippen molar-refractivity contribution in [2.75, 3.05) is 9.80 Å². The summed E-state index contributed by atoms with van der Waals surface area (Å²) in [5, 5.41) is 2.22. The Morgan fingerprint density at radius 1 is 0.471 bits per heavy atom. The van der Waals surface area contributed by atoms with Crippen molar-refractivity contribution >= 4 is 44.6 Å². The van der Waals surface area contributed by atoms with Crippen LogP contribution < -0.4 is 14.5 Å². The van der Waals surface area contributed by atoms with Gasteiger partial charge in [0.15, 0.2) is 0 Å². The van der Waals surface area contributed by atoms with E-state index in [4.69, 9.17) is 9.72 Å². The molecule has 68 heavy (non-hydrogen) atoms. The number of hydrogen-bond acceptors (Lipinski definition) is 4. The second kappa shape index (κ2) is 17.6. The molecule has 3 heterocycles. The number of fused-ring (bicyclic) bond motifs is 4. The Kier molecular flexibility index (Phi) is 12.1. The topological polar surface area (TPSA) is 33.5 Å². The molecule has 0 spiro atoms. The van der Waals surface area contributed by atoms with E-state index in [2.05, 4.69) is 260 Å². The van der Waals surface area contributed by atoms with Gasteiger partial charge in [0.1, 0.15) is 5.82 Å². The van der Waals surface area contributed by atoms with Gasteiger partial charge in [-0.05, 0) is 91.9 Å². The third kappa shape index (κ3) is 8.56. The standard InChI is InChI=1S/C62H59N4O.Pt/c1-59(2,3)44-24-19-25-48(34-44)64-41-65(57-37-46(28-31-55(57)64)61(7,8)42-20-13-11-14-21-42)49-35-47(62(9,10)43-22-15-12-16-23-43)36-51(39-49)67-50-29-30-53-52-26-17-18-27-54(52)66(56(53)40-50)58-38-45(32-33-63-58)60(4,5)6;/h11-38,41H,1-10H3;/q-3;. The minimum atomic E-state index is -0.381. The van der Waals surface area contributed by atoms with E-state index in [9.17, 15) is 0 Å². The summed E-state index contributed by atoms with van der Waals surface area (Å²) in [6.07, 6.45) is 1.91. The van der Waals surface area contributed by atoms with Crippen molar-refractivity contribution in [3.63, 3.8) is 0 Å². The van der Waals surface area contributed by atoms with Crippen LogP contribution in [0.2, 0.25) is 0 Å². The normalized spacial score (nSPS) is 13.2. The first kappa shape index (κ1) is 46.7. The molecule has 0 radical (unpaired) electrons. The van der Waals surface area contributed by atoms with Crippen molar-refractivity contribution in [2.24, 2.45) is 0 Å². The number of aromatic nitrogens is 2. The maximum absolute atomic E-state index is 7.01. The number of benzene rings is 7. The number of nitrogens with zero attached hydrogens (tertiary/aromatic N) is 4. The van der Waals surface area contributed by atoms with Crippen molar-refractivity contribution in [2.45, 2.75) is 90.9 Å². The van der Waals surface area contributed by atoms with E-state index in [1.165, 1.54) is 27.8 Å². The zero-order valence-electron chi connectivity index (χ0n) is 40.8. The molecule has 0 saturated carbocycles. The zero-order valence-corrected chi connectivity index (χ0v) is 43.0. The number of pyridine rings is 1. The van der Waals surface area contributed by atoms with Crippen LogP contribution in [-0.2, 0) is 42.7 Å². The molecule has 0 N–H and O–H groups in total. The van der Waals surface area contributed by atoms with Gasteiger partial charge in [-0.2, -0.15) is 6.07 Å². The van der Waals surface area contributed by atoms with Gasteiger partial charge in [0.05, 0.1) is 0 Å². The number of rotatable bonds is 9. The fraction of sp³-hybridized carbons (Fsp3) is 0.226. The van der Waals surface area contributed by atoms with E-state index < -0.39 is 0 Å². The van der Waals surface area contributed by atoms with Crippen LogP contribution >= 0.6 is 0 Å². The largest absolute Gasteiger partial charge is 0.509 e. The molecule has 10 rings (SSSR count). The van der Waals surface area contributed by atoms with Crippen LogP contribution in [0.5, 0.6) is 11.5 Å². The summed E-state index contributed by atoms with van der Waals surface area (Å²) >= 11 is 0. The Balaban J connectivity index is 0.00000578. The Bertz CT molecular complexity index is 3280. The van der Waals surface area contributed by atoms with E-state index >= 15 is 0 Å². The van der Waals surface area contributed by atoms with Crippen LogP contribution in [0, 0.1) is 18.8 Å². The van der Waals surface area contributed by atoms with Crippen molar-refractivity contribution in [3.05, 3.63) is 222 Å². The van der Waals surface area contributed by atoms with Crippen LogP contribution in [0.25, 0.3) is 27.6 Å². The van der Waals surface area contributed by atoms with Crippen LogP contribution in [-0.4, -0.2) is 9.55 Å². The Hall–Kier alpha value is -6.42. The molecule has 0 bridgehead atoms. The predicted octanol–water partition coefficient (Wildman–Crippen LogP) is 16.2. The SMILES string of the molecule is CC(C)(C)c1cccc(N2[CH-]N(c3[c-]c(Oc4[c-]c5c(cc4)c4ccccc4n5-c4cc(C(C)(C)C)ccn4)cc(C(C)(C)c4ccccc4)c3)c3cc(C(C)(C)c4ccccc4)ccc32)c1.[Pt]. The van der Waals surface area contributed by atoms with Gasteiger partial charge < -0.3 is 19.1 Å². The molecule has 0 fully saturated rings. The first-order valence-electron chi connectivity index (χ1n) is 23.4. The van der Waals surface area contributed by atoms with Gasteiger partial charge in [0.25, 0.3) is 0 Å². The molecule has 346 valence electrons. The first-order valence-corrected chi connectivity index (χ1v) is 23.4. The van der Waals surface area contributed by atoms with Gasteiger partial charge >= 0.3 is 0 Å². The maximum atomic E-state index is 7.01. The molecular weight excluding hydrogens is 1010 g/mol. The molecular formula is C62H59N4OPt-3. The molecule has 1 aliphatic heterocycles. The van der Waals surface area contributed by atoms with E-state index in [1.807, 2.05) is 12.3 Å². The quantitative estimate of drug-likeness (QED) is 0.135. The Morgan fingerprint density at radius 2 is 1.10 bits per heavy atom. The fourth-order valence-corrected chi connectivity index (χ4v) is 9.48. The molecule has 1 aliphatic rings. The average molecular weight is 1070 g/mol. The number of hydrogen-bond donors (Lipinski definition) is 0. The molecule has 6 heteroatoms. The molecule has 2 aromatic heterocycles. The van der Waals surface area contributed by atoms with Gasteiger partial charge in [0.2, 0.25) is 0 Å². The van der Waals surface area contributed by atoms with Crippen LogP contribution in [0.3, 0.4) is 0 Å². The molecule has 5 nitrogen and oxygen atoms in total. The Labute approximate surface area is 417 Å². The number of para-hydroxylation sites is 1. The average Bonchev–Trinajstić information content (AvgIpc) is 3.87. The van der Waals surface area contributed by atoms with E-state index in [-0.39, 0.29) is 42.7 Å². The summed E-state index contributed by atoms with van der Waals surface area (Å²) < 4.78 is 9.23. The maximum Gasteiger partial charge on any atom is 0.135 e. The van der Waals surface area contributed by atoms with E-state index in [1.54, 1.807) is 0 Å². The van der Waals surface area contributed by atoms with Crippen LogP contribution in [0.15, 0.2) is 170 Å². The summed E-state index contributed by atoms with van der Waals surface area (Å²) in [5.74, 6) is 2.05. The Morgan fingerprint density at radius 3 is 1.79 bits per heavy atom. The van der Waals surface area contributed by atoms with Crippen LogP contribution in [0.1, 0.15) is 103 Å². The minimum Gasteiger partial charge on any atom is -0.509 e. The summed E-state index contributed by atoms with van der Waals surface area (Å²) in [6.45, 7) is 24.9. The molecule has 0 atom stereocenters. The first-order chi connectivity index (χ1) is 32.0. The third-order valence-electron chi connectivity index (χ3n) is 13.9. The number of ether oxygens (including phenoxy) is 1. The zero-order chi connectivity index (χ0) is 46.9. The fourth-order valence-electron chi connectivity index (χ4n) is 9.48. The van der Waals surface area contributed by atoms with Crippen LogP contribution in [0.4, 0.5) is 22.7 Å². The van der Waals surface area contributed by atoms with Crippen molar-refractivity contribution in [1.29, 1.82) is 0 Å². The van der Waals surface area contributed by atoms with Gasteiger partial charge in [-0.15, -0.1) is 53.6 Å². The molecule has 0 aliphatic carbocycles.